The van der Waals surface area contributed by atoms with E-state index in [1.54, 1.807) is 0 Å². The molecule has 80 valence electrons. The predicted octanol–water partition coefficient (Wildman–Crippen LogP) is 0.0256. The molecule has 4 nitrogen and oxygen atoms in total. The highest BCUT2D eigenvalue weighted by Gasteiger charge is 2.35. The van der Waals surface area contributed by atoms with Gasteiger partial charge >= 0.3 is 0 Å². The lowest BCUT2D eigenvalue weighted by molar-refractivity contribution is -0.148. The molecule has 2 N–H and O–H groups in total. The third-order valence-electron chi connectivity index (χ3n) is 2.71. The molecule has 0 radical (unpaired) electrons. The molecule has 0 bridgehead atoms. The first kappa shape index (κ1) is 10.3. The molecular weight excluding hydrogens is 200 g/mol. The lowest BCUT2D eigenvalue weighted by Crippen LogP contribution is -2.55. The minimum Gasteiger partial charge on any atom is -0.369 e. The van der Waals surface area contributed by atoms with E-state index in [0.29, 0.717) is 18.5 Å². The van der Waals surface area contributed by atoms with Gasteiger partial charge in [0.1, 0.15) is 6.61 Å². The summed E-state index contributed by atoms with van der Waals surface area (Å²) in [5, 5.41) is 0.347. The van der Waals surface area contributed by atoms with E-state index in [0.717, 1.165) is 12.2 Å². The van der Waals surface area contributed by atoms with Crippen LogP contribution in [0.2, 0.25) is 0 Å². The summed E-state index contributed by atoms with van der Waals surface area (Å²) in [7, 11) is 0. The van der Waals surface area contributed by atoms with Crippen LogP contribution in [0.5, 0.6) is 0 Å². The standard InChI is InChI=1S/C9H16N2O2S/c10-4-7-5-13-6-8(12)11(7)9-2-1-3-14-9/h7,9H,1-6,10H2. The van der Waals surface area contributed by atoms with Crippen LogP contribution in [0.3, 0.4) is 0 Å². The average molecular weight is 216 g/mol. The van der Waals surface area contributed by atoms with E-state index >= 15 is 0 Å². The second-order valence-corrected chi connectivity index (χ2v) is 4.96. The van der Waals surface area contributed by atoms with Crippen molar-refractivity contribution < 1.29 is 9.53 Å². The number of carbonyl (C=O) groups is 1. The van der Waals surface area contributed by atoms with Crippen molar-refractivity contribution in [2.24, 2.45) is 5.73 Å². The Labute approximate surface area is 88.1 Å². The quantitative estimate of drug-likeness (QED) is 0.707. The first-order chi connectivity index (χ1) is 6.83. The van der Waals surface area contributed by atoms with Crippen LogP contribution in [-0.2, 0) is 9.53 Å². The first-order valence-corrected chi connectivity index (χ1v) is 6.08. The summed E-state index contributed by atoms with van der Waals surface area (Å²) in [5.41, 5.74) is 5.64. The molecule has 2 fully saturated rings. The van der Waals surface area contributed by atoms with Gasteiger partial charge in [-0.15, -0.1) is 11.8 Å². The smallest absolute Gasteiger partial charge is 0.249 e. The summed E-state index contributed by atoms with van der Waals surface area (Å²) in [4.78, 5) is 13.6. The minimum atomic E-state index is 0.0897. The Hall–Kier alpha value is -0.260. The topological polar surface area (TPSA) is 55.6 Å². The number of ether oxygens (including phenoxy) is 1. The number of hydrogen-bond donors (Lipinski definition) is 1. The number of nitrogens with zero attached hydrogens (tertiary/aromatic N) is 1. The highest BCUT2D eigenvalue weighted by Crippen LogP contribution is 2.31. The lowest BCUT2D eigenvalue weighted by Gasteiger charge is -2.38. The third-order valence-corrected chi connectivity index (χ3v) is 4.08. The highest BCUT2D eigenvalue weighted by molar-refractivity contribution is 8.00. The Morgan fingerprint density at radius 1 is 1.64 bits per heavy atom. The highest BCUT2D eigenvalue weighted by atomic mass is 32.2. The monoisotopic (exact) mass is 216 g/mol. The van der Waals surface area contributed by atoms with Crippen molar-refractivity contribution >= 4 is 17.7 Å². The number of rotatable bonds is 2. The number of amides is 1. The second-order valence-electron chi connectivity index (χ2n) is 3.67. The van der Waals surface area contributed by atoms with E-state index in [9.17, 15) is 4.79 Å². The van der Waals surface area contributed by atoms with Gasteiger partial charge in [0.25, 0.3) is 0 Å². The van der Waals surface area contributed by atoms with Gasteiger partial charge in [-0.2, -0.15) is 0 Å². The number of carbonyl (C=O) groups excluding carboxylic acids is 1. The summed E-state index contributed by atoms with van der Waals surface area (Å²) in [6, 6.07) is 0.0897. The molecule has 2 unspecified atom stereocenters. The van der Waals surface area contributed by atoms with Gasteiger partial charge in [-0.05, 0) is 18.6 Å². The number of nitrogens with two attached hydrogens (primary N) is 1. The number of morpholine rings is 1. The zero-order valence-corrected chi connectivity index (χ0v) is 8.96. The van der Waals surface area contributed by atoms with E-state index < -0.39 is 0 Å². The zero-order chi connectivity index (χ0) is 9.97. The van der Waals surface area contributed by atoms with Crippen molar-refractivity contribution in [3.8, 4) is 0 Å². The maximum atomic E-state index is 11.7. The van der Waals surface area contributed by atoms with E-state index in [1.165, 1.54) is 6.42 Å². The molecule has 0 aliphatic carbocycles. The fourth-order valence-corrected chi connectivity index (χ4v) is 3.39. The van der Waals surface area contributed by atoms with Gasteiger partial charge in [-0.1, -0.05) is 0 Å². The molecule has 2 saturated heterocycles. The van der Waals surface area contributed by atoms with Crippen LogP contribution in [0.4, 0.5) is 0 Å². The second kappa shape index (κ2) is 4.51. The Morgan fingerprint density at radius 2 is 2.50 bits per heavy atom. The lowest BCUT2D eigenvalue weighted by atomic mass is 10.2. The average Bonchev–Trinajstić information content (AvgIpc) is 2.70. The van der Waals surface area contributed by atoms with E-state index in [-0.39, 0.29) is 18.6 Å². The molecule has 1 amide bonds. The molecule has 0 saturated carbocycles. The van der Waals surface area contributed by atoms with Gasteiger partial charge in [0.05, 0.1) is 18.0 Å². The van der Waals surface area contributed by atoms with Crippen molar-refractivity contribution in [3.05, 3.63) is 0 Å². The Morgan fingerprint density at radius 3 is 3.14 bits per heavy atom. The van der Waals surface area contributed by atoms with Crippen LogP contribution in [0.1, 0.15) is 12.8 Å². The third kappa shape index (κ3) is 1.89. The molecule has 14 heavy (non-hydrogen) atoms. The molecule has 2 aliphatic rings. The van der Waals surface area contributed by atoms with Gasteiger partial charge in [0.2, 0.25) is 5.91 Å². The predicted molar refractivity (Wildman–Crippen MR) is 56.0 cm³/mol. The van der Waals surface area contributed by atoms with Crippen LogP contribution in [-0.4, -0.2) is 47.7 Å². The Balaban J connectivity index is 2.06. The summed E-state index contributed by atoms with van der Waals surface area (Å²) in [6.45, 7) is 1.33. The minimum absolute atomic E-state index is 0.0897. The number of hydrogen-bond acceptors (Lipinski definition) is 4. The van der Waals surface area contributed by atoms with E-state index in [4.69, 9.17) is 10.5 Å². The normalized spacial score (nSPS) is 33.8. The summed E-state index contributed by atoms with van der Waals surface area (Å²) in [5.74, 6) is 1.26. The van der Waals surface area contributed by atoms with Crippen molar-refractivity contribution in [3.63, 3.8) is 0 Å². The molecule has 2 rings (SSSR count). The van der Waals surface area contributed by atoms with Gasteiger partial charge in [0, 0.05) is 6.54 Å². The maximum Gasteiger partial charge on any atom is 0.249 e. The summed E-state index contributed by atoms with van der Waals surface area (Å²) < 4.78 is 5.19. The van der Waals surface area contributed by atoms with Crippen LogP contribution in [0.25, 0.3) is 0 Å². The van der Waals surface area contributed by atoms with Gasteiger partial charge in [0.15, 0.2) is 0 Å². The summed E-state index contributed by atoms with van der Waals surface area (Å²) in [6.07, 6.45) is 2.31. The molecule has 0 spiro atoms. The van der Waals surface area contributed by atoms with E-state index in [2.05, 4.69) is 0 Å². The van der Waals surface area contributed by atoms with Gasteiger partial charge in [-0.3, -0.25) is 4.79 Å². The zero-order valence-electron chi connectivity index (χ0n) is 8.15. The fourth-order valence-electron chi connectivity index (χ4n) is 2.00. The molecule has 5 heteroatoms. The fraction of sp³-hybridized carbons (Fsp3) is 0.889. The first-order valence-electron chi connectivity index (χ1n) is 5.03. The molecule has 0 aromatic carbocycles. The maximum absolute atomic E-state index is 11.7. The van der Waals surface area contributed by atoms with Crippen molar-refractivity contribution in [1.29, 1.82) is 0 Å². The van der Waals surface area contributed by atoms with Crippen molar-refractivity contribution in [1.82, 2.24) is 4.90 Å². The largest absolute Gasteiger partial charge is 0.369 e. The van der Waals surface area contributed by atoms with Crippen LogP contribution < -0.4 is 5.73 Å². The van der Waals surface area contributed by atoms with E-state index in [1.807, 2.05) is 16.7 Å². The van der Waals surface area contributed by atoms with Gasteiger partial charge < -0.3 is 15.4 Å². The SMILES string of the molecule is NCC1COCC(=O)N1C1CCCS1. The molecule has 2 heterocycles. The Bertz CT molecular complexity index is 217. The molecule has 0 aromatic heterocycles. The van der Waals surface area contributed by atoms with Crippen LogP contribution >= 0.6 is 11.8 Å². The van der Waals surface area contributed by atoms with Crippen LogP contribution in [0, 0.1) is 0 Å². The van der Waals surface area contributed by atoms with Gasteiger partial charge in [-0.25, -0.2) is 0 Å². The molecule has 0 aromatic rings. The number of thioether (sulfide) groups is 1. The van der Waals surface area contributed by atoms with Crippen molar-refractivity contribution in [2.45, 2.75) is 24.3 Å². The molecule has 2 aliphatic heterocycles. The molecular formula is C9H16N2O2S. The molecule has 2 atom stereocenters. The summed E-state index contributed by atoms with van der Waals surface area (Å²) >= 11 is 1.87. The Kier molecular flexibility index (Phi) is 3.30. The van der Waals surface area contributed by atoms with Crippen molar-refractivity contribution in [2.75, 3.05) is 25.5 Å². The van der Waals surface area contributed by atoms with Crippen LogP contribution in [0.15, 0.2) is 0 Å².